The first-order valence-corrected chi connectivity index (χ1v) is 7.92. The standard InChI is InChI=1S/C11H20N4O2S/c1-2-18(16,17)15-7-3-10(4-8-15)14-9-11-12-5-6-13-11/h5-6,10,14H,2-4,7-9H2,1H3,(H,12,13). The van der Waals surface area contributed by atoms with E-state index < -0.39 is 10.0 Å². The monoisotopic (exact) mass is 272 g/mol. The van der Waals surface area contributed by atoms with E-state index in [-0.39, 0.29) is 5.75 Å². The van der Waals surface area contributed by atoms with Crippen LogP contribution in [0, 0.1) is 0 Å². The van der Waals surface area contributed by atoms with E-state index in [4.69, 9.17) is 0 Å². The van der Waals surface area contributed by atoms with Crippen molar-refractivity contribution in [1.29, 1.82) is 0 Å². The summed E-state index contributed by atoms with van der Waals surface area (Å²) in [4.78, 5) is 7.18. The summed E-state index contributed by atoms with van der Waals surface area (Å²) in [5, 5.41) is 3.40. The molecule has 1 fully saturated rings. The number of nitrogens with zero attached hydrogens (tertiary/aromatic N) is 2. The lowest BCUT2D eigenvalue weighted by atomic mass is 10.1. The molecule has 0 aliphatic carbocycles. The van der Waals surface area contributed by atoms with Gasteiger partial charge < -0.3 is 10.3 Å². The van der Waals surface area contributed by atoms with E-state index in [2.05, 4.69) is 15.3 Å². The minimum absolute atomic E-state index is 0.192. The van der Waals surface area contributed by atoms with Gasteiger partial charge in [0.05, 0.1) is 12.3 Å². The Morgan fingerprint density at radius 2 is 2.22 bits per heavy atom. The molecule has 1 aromatic rings. The Labute approximate surface area is 108 Å². The van der Waals surface area contributed by atoms with Crippen LogP contribution in [-0.4, -0.2) is 47.6 Å². The fourth-order valence-electron chi connectivity index (χ4n) is 2.16. The molecule has 1 aliphatic rings. The van der Waals surface area contributed by atoms with E-state index in [9.17, 15) is 8.42 Å². The van der Waals surface area contributed by atoms with Gasteiger partial charge >= 0.3 is 0 Å². The molecule has 2 heterocycles. The Morgan fingerprint density at radius 3 is 2.78 bits per heavy atom. The predicted octanol–water partition coefficient (Wildman–Crippen LogP) is 0.313. The zero-order chi connectivity index (χ0) is 13.0. The Balaban J connectivity index is 1.77. The molecule has 2 N–H and O–H groups in total. The Hall–Kier alpha value is -0.920. The Kier molecular flexibility index (Phi) is 4.36. The second-order valence-corrected chi connectivity index (χ2v) is 6.75. The molecule has 0 unspecified atom stereocenters. The van der Waals surface area contributed by atoms with Crippen LogP contribution in [0.2, 0.25) is 0 Å². The second kappa shape index (κ2) is 5.81. The lowest BCUT2D eigenvalue weighted by Crippen LogP contribution is -2.45. The van der Waals surface area contributed by atoms with Crippen molar-refractivity contribution in [2.24, 2.45) is 0 Å². The third kappa shape index (κ3) is 3.30. The van der Waals surface area contributed by atoms with Gasteiger partial charge in [-0.3, -0.25) is 0 Å². The summed E-state index contributed by atoms with van der Waals surface area (Å²) in [6.07, 6.45) is 5.25. The third-order valence-electron chi connectivity index (χ3n) is 3.33. The molecule has 0 saturated carbocycles. The normalized spacial score (nSPS) is 19.2. The van der Waals surface area contributed by atoms with Crippen molar-refractivity contribution in [3.8, 4) is 0 Å². The van der Waals surface area contributed by atoms with Gasteiger partial charge in [0.1, 0.15) is 5.82 Å². The number of H-pyrrole nitrogens is 1. The molecule has 1 aliphatic heterocycles. The lowest BCUT2D eigenvalue weighted by molar-refractivity contribution is 0.288. The van der Waals surface area contributed by atoms with Crippen molar-refractivity contribution in [2.75, 3.05) is 18.8 Å². The van der Waals surface area contributed by atoms with Gasteiger partial charge in [0, 0.05) is 31.5 Å². The second-order valence-electron chi connectivity index (χ2n) is 4.49. The average molecular weight is 272 g/mol. The lowest BCUT2D eigenvalue weighted by Gasteiger charge is -2.31. The van der Waals surface area contributed by atoms with E-state index in [0.717, 1.165) is 18.7 Å². The zero-order valence-electron chi connectivity index (χ0n) is 10.6. The van der Waals surface area contributed by atoms with Crippen LogP contribution in [0.15, 0.2) is 12.4 Å². The highest BCUT2D eigenvalue weighted by Crippen LogP contribution is 2.14. The van der Waals surface area contributed by atoms with E-state index in [1.165, 1.54) is 0 Å². The molecular formula is C11H20N4O2S. The van der Waals surface area contributed by atoms with Crippen molar-refractivity contribution in [1.82, 2.24) is 19.6 Å². The number of hydrogen-bond donors (Lipinski definition) is 2. The van der Waals surface area contributed by atoms with Crippen LogP contribution in [0.5, 0.6) is 0 Å². The van der Waals surface area contributed by atoms with Crippen LogP contribution in [0.1, 0.15) is 25.6 Å². The molecule has 1 aromatic heterocycles. The summed E-state index contributed by atoms with van der Waals surface area (Å²) in [5.74, 6) is 1.11. The number of aromatic amines is 1. The summed E-state index contributed by atoms with van der Waals surface area (Å²) in [7, 11) is -3.02. The summed E-state index contributed by atoms with van der Waals surface area (Å²) < 4.78 is 25.0. The van der Waals surface area contributed by atoms with Gasteiger partial charge in [-0.25, -0.2) is 17.7 Å². The summed E-state index contributed by atoms with van der Waals surface area (Å²) in [6.45, 7) is 3.63. The molecular weight excluding hydrogens is 252 g/mol. The number of piperidine rings is 1. The van der Waals surface area contributed by atoms with Crippen molar-refractivity contribution < 1.29 is 8.42 Å². The molecule has 2 rings (SSSR count). The first-order chi connectivity index (χ1) is 8.62. The number of imidazole rings is 1. The van der Waals surface area contributed by atoms with Gasteiger partial charge in [0.15, 0.2) is 0 Å². The first kappa shape index (κ1) is 13.5. The average Bonchev–Trinajstić information content (AvgIpc) is 2.90. The maximum atomic E-state index is 11.7. The first-order valence-electron chi connectivity index (χ1n) is 6.31. The topological polar surface area (TPSA) is 78.1 Å². The van der Waals surface area contributed by atoms with E-state index >= 15 is 0 Å². The number of rotatable bonds is 5. The van der Waals surface area contributed by atoms with Crippen molar-refractivity contribution in [3.05, 3.63) is 18.2 Å². The SMILES string of the molecule is CCS(=O)(=O)N1CCC(NCc2ncc[nH]2)CC1. The number of aromatic nitrogens is 2. The Morgan fingerprint density at radius 1 is 1.50 bits per heavy atom. The van der Waals surface area contributed by atoms with E-state index in [1.54, 1.807) is 23.6 Å². The number of nitrogens with one attached hydrogen (secondary N) is 2. The highest BCUT2D eigenvalue weighted by Gasteiger charge is 2.26. The molecule has 0 spiro atoms. The van der Waals surface area contributed by atoms with Crippen molar-refractivity contribution in [3.63, 3.8) is 0 Å². The maximum absolute atomic E-state index is 11.7. The van der Waals surface area contributed by atoms with Crippen LogP contribution in [-0.2, 0) is 16.6 Å². The predicted molar refractivity (Wildman–Crippen MR) is 69.5 cm³/mol. The molecule has 18 heavy (non-hydrogen) atoms. The Bertz CT molecular complexity index is 449. The molecule has 0 bridgehead atoms. The van der Waals surface area contributed by atoms with Crippen LogP contribution in [0.3, 0.4) is 0 Å². The largest absolute Gasteiger partial charge is 0.348 e. The molecule has 0 radical (unpaired) electrons. The van der Waals surface area contributed by atoms with E-state index in [1.807, 2.05) is 0 Å². The highest BCUT2D eigenvalue weighted by molar-refractivity contribution is 7.89. The van der Waals surface area contributed by atoms with Gasteiger partial charge in [0.25, 0.3) is 0 Å². The summed E-state index contributed by atoms with van der Waals surface area (Å²) >= 11 is 0. The summed E-state index contributed by atoms with van der Waals surface area (Å²) in [6, 6.07) is 0.374. The molecule has 0 amide bonds. The molecule has 0 aromatic carbocycles. The van der Waals surface area contributed by atoms with Crippen LogP contribution in [0.25, 0.3) is 0 Å². The zero-order valence-corrected chi connectivity index (χ0v) is 11.4. The fraction of sp³-hybridized carbons (Fsp3) is 0.727. The molecule has 0 atom stereocenters. The maximum Gasteiger partial charge on any atom is 0.213 e. The minimum Gasteiger partial charge on any atom is -0.348 e. The van der Waals surface area contributed by atoms with Gasteiger partial charge in [-0.15, -0.1) is 0 Å². The van der Waals surface area contributed by atoms with Crippen LogP contribution in [0.4, 0.5) is 0 Å². The number of sulfonamides is 1. The van der Waals surface area contributed by atoms with Gasteiger partial charge in [-0.1, -0.05) is 0 Å². The molecule has 1 saturated heterocycles. The van der Waals surface area contributed by atoms with Crippen LogP contribution < -0.4 is 5.32 Å². The van der Waals surface area contributed by atoms with Gasteiger partial charge in [-0.2, -0.15) is 0 Å². The smallest absolute Gasteiger partial charge is 0.213 e. The minimum atomic E-state index is -3.02. The van der Waals surface area contributed by atoms with Crippen molar-refractivity contribution >= 4 is 10.0 Å². The van der Waals surface area contributed by atoms with E-state index in [0.29, 0.717) is 25.7 Å². The third-order valence-corrected chi connectivity index (χ3v) is 5.21. The van der Waals surface area contributed by atoms with Gasteiger partial charge in [0.2, 0.25) is 10.0 Å². The van der Waals surface area contributed by atoms with Gasteiger partial charge in [-0.05, 0) is 19.8 Å². The quantitative estimate of drug-likeness (QED) is 0.809. The van der Waals surface area contributed by atoms with Crippen LogP contribution >= 0.6 is 0 Å². The highest BCUT2D eigenvalue weighted by atomic mass is 32.2. The number of hydrogen-bond acceptors (Lipinski definition) is 4. The molecule has 102 valence electrons. The van der Waals surface area contributed by atoms with Crippen molar-refractivity contribution in [2.45, 2.75) is 32.4 Å². The fourth-order valence-corrected chi connectivity index (χ4v) is 3.29. The molecule has 6 nitrogen and oxygen atoms in total. The summed E-state index contributed by atoms with van der Waals surface area (Å²) in [5.41, 5.74) is 0. The molecule has 7 heteroatoms.